The first-order valence-corrected chi connectivity index (χ1v) is 9.02. The predicted octanol–water partition coefficient (Wildman–Crippen LogP) is 2.50. The number of carboxylic acids is 2. The molecule has 0 spiro atoms. The summed E-state index contributed by atoms with van der Waals surface area (Å²) in [4.78, 5) is 27.4. The lowest BCUT2D eigenvalue weighted by molar-refractivity contribution is -0.142. The largest absolute Gasteiger partial charge is 0.481 e. The zero-order valence-electron chi connectivity index (χ0n) is 15.9. The van der Waals surface area contributed by atoms with Crippen molar-refractivity contribution in [3.8, 4) is 0 Å². The van der Waals surface area contributed by atoms with Crippen molar-refractivity contribution in [3.05, 3.63) is 53.6 Å². The van der Waals surface area contributed by atoms with Crippen molar-refractivity contribution < 1.29 is 19.8 Å². The molecule has 7 nitrogen and oxygen atoms in total. The van der Waals surface area contributed by atoms with Gasteiger partial charge in [-0.05, 0) is 24.8 Å². The van der Waals surface area contributed by atoms with Gasteiger partial charge in [0.25, 0.3) is 0 Å². The molecule has 0 aliphatic carbocycles. The van der Waals surface area contributed by atoms with Crippen molar-refractivity contribution >= 4 is 11.9 Å². The number of hydrogen-bond acceptors (Lipinski definition) is 4. The van der Waals surface area contributed by atoms with E-state index in [-0.39, 0.29) is 12.5 Å². The minimum Gasteiger partial charge on any atom is -0.481 e. The molecular formula is C20H27N3O4. The van der Waals surface area contributed by atoms with Gasteiger partial charge in [-0.15, -0.1) is 0 Å². The molecule has 2 atom stereocenters. The van der Waals surface area contributed by atoms with E-state index in [4.69, 9.17) is 0 Å². The molecule has 7 heteroatoms. The molecule has 1 aromatic heterocycles. The maximum absolute atomic E-state index is 11.8. The summed E-state index contributed by atoms with van der Waals surface area (Å²) in [5, 5.41) is 21.9. The highest BCUT2D eigenvalue weighted by molar-refractivity contribution is 5.76. The van der Waals surface area contributed by atoms with Gasteiger partial charge in [0.15, 0.2) is 0 Å². The highest BCUT2D eigenvalue weighted by Gasteiger charge is 2.27. The number of aromatic nitrogens is 2. The van der Waals surface area contributed by atoms with E-state index >= 15 is 0 Å². The average molecular weight is 373 g/mol. The second-order valence-corrected chi connectivity index (χ2v) is 7.25. The number of carboxylic acid groups (broad SMARTS) is 2. The molecule has 2 aromatic rings. The van der Waals surface area contributed by atoms with Crippen LogP contribution in [-0.2, 0) is 16.1 Å². The van der Waals surface area contributed by atoms with Crippen molar-refractivity contribution in [2.45, 2.75) is 45.7 Å². The summed E-state index contributed by atoms with van der Waals surface area (Å²) >= 11 is 0. The van der Waals surface area contributed by atoms with Crippen LogP contribution in [0.15, 0.2) is 36.8 Å². The molecule has 2 rings (SSSR count). The molecule has 27 heavy (non-hydrogen) atoms. The Morgan fingerprint density at radius 1 is 1.22 bits per heavy atom. The van der Waals surface area contributed by atoms with E-state index in [1.807, 2.05) is 45.0 Å². The molecule has 0 saturated carbocycles. The monoisotopic (exact) mass is 373 g/mol. The number of nitrogens with zero attached hydrogens (tertiary/aromatic N) is 2. The second kappa shape index (κ2) is 9.32. The molecule has 0 aliphatic heterocycles. The average Bonchev–Trinajstić information content (AvgIpc) is 3.01. The number of imidazole rings is 1. The molecule has 1 aromatic carbocycles. The van der Waals surface area contributed by atoms with Crippen LogP contribution >= 0.6 is 0 Å². The Kier molecular flexibility index (Phi) is 7.12. The van der Waals surface area contributed by atoms with Gasteiger partial charge in [0.1, 0.15) is 12.0 Å². The van der Waals surface area contributed by atoms with Crippen LogP contribution < -0.4 is 5.32 Å². The van der Waals surface area contributed by atoms with Gasteiger partial charge in [0.2, 0.25) is 0 Å². The Morgan fingerprint density at radius 2 is 1.96 bits per heavy atom. The van der Waals surface area contributed by atoms with Gasteiger partial charge in [-0.1, -0.05) is 43.7 Å². The van der Waals surface area contributed by atoms with Crippen LogP contribution in [0.1, 0.15) is 43.0 Å². The van der Waals surface area contributed by atoms with Crippen molar-refractivity contribution in [3.63, 3.8) is 0 Å². The van der Waals surface area contributed by atoms with E-state index in [0.717, 1.165) is 11.1 Å². The normalized spacial score (nSPS) is 13.5. The highest BCUT2D eigenvalue weighted by Crippen LogP contribution is 2.18. The Hall–Kier alpha value is -2.67. The van der Waals surface area contributed by atoms with Gasteiger partial charge >= 0.3 is 11.9 Å². The van der Waals surface area contributed by atoms with E-state index in [2.05, 4.69) is 10.3 Å². The summed E-state index contributed by atoms with van der Waals surface area (Å²) in [6.07, 6.45) is 3.58. The molecule has 3 N–H and O–H groups in total. The van der Waals surface area contributed by atoms with Crippen LogP contribution in [0.5, 0.6) is 0 Å². The van der Waals surface area contributed by atoms with E-state index in [1.54, 1.807) is 10.9 Å². The molecule has 1 heterocycles. The fourth-order valence-electron chi connectivity index (χ4n) is 3.08. The first kappa shape index (κ1) is 20.6. The number of aryl methyl sites for hydroxylation is 1. The van der Waals surface area contributed by atoms with Gasteiger partial charge in [-0.2, -0.15) is 0 Å². The van der Waals surface area contributed by atoms with Crippen LogP contribution in [0.2, 0.25) is 0 Å². The van der Waals surface area contributed by atoms with Crippen molar-refractivity contribution in [1.29, 1.82) is 0 Å². The standard InChI is InChI=1S/C20H27N3O4/c1-13(2)7-17(20(26)27)22-9-16(19(24)25)18-10-21-12-23(18)11-15-6-4-5-14(3)8-15/h4-6,8,10,12-13,16-17,22H,7,9,11H2,1-3H3,(H,24,25)(H,26,27). The number of hydrogen-bond donors (Lipinski definition) is 3. The molecular weight excluding hydrogens is 346 g/mol. The number of carbonyl (C=O) groups is 2. The number of benzene rings is 1. The van der Waals surface area contributed by atoms with Crippen molar-refractivity contribution in [1.82, 2.24) is 14.9 Å². The quantitative estimate of drug-likeness (QED) is 0.591. The molecule has 0 fully saturated rings. The van der Waals surface area contributed by atoms with Gasteiger partial charge < -0.3 is 20.1 Å². The summed E-state index contributed by atoms with van der Waals surface area (Å²) in [6, 6.07) is 7.21. The number of rotatable bonds is 10. The molecule has 0 amide bonds. The Bertz CT molecular complexity index is 785. The molecule has 146 valence electrons. The lowest BCUT2D eigenvalue weighted by atomic mass is 10.0. The first-order valence-electron chi connectivity index (χ1n) is 9.02. The van der Waals surface area contributed by atoms with Crippen molar-refractivity contribution in [2.24, 2.45) is 5.92 Å². The fraction of sp³-hybridized carbons (Fsp3) is 0.450. The summed E-state index contributed by atoms with van der Waals surface area (Å²) in [5.74, 6) is -2.68. The molecule has 2 unspecified atom stereocenters. The predicted molar refractivity (Wildman–Crippen MR) is 102 cm³/mol. The minimum atomic E-state index is -1.01. The second-order valence-electron chi connectivity index (χ2n) is 7.25. The van der Waals surface area contributed by atoms with E-state index in [1.165, 1.54) is 6.20 Å². The van der Waals surface area contributed by atoms with Gasteiger partial charge in [-0.25, -0.2) is 4.98 Å². The fourth-order valence-corrected chi connectivity index (χ4v) is 3.08. The minimum absolute atomic E-state index is 0.0263. The molecule has 0 aliphatic rings. The summed E-state index contributed by atoms with van der Waals surface area (Å²) in [6.45, 7) is 6.41. The zero-order chi connectivity index (χ0) is 20.0. The molecule has 0 saturated heterocycles. The number of nitrogens with one attached hydrogen (secondary N) is 1. The van der Waals surface area contributed by atoms with E-state index in [0.29, 0.717) is 18.7 Å². The maximum Gasteiger partial charge on any atom is 0.320 e. The Labute approximate surface area is 159 Å². The third kappa shape index (κ3) is 5.92. The Balaban J connectivity index is 2.16. The summed E-state index contributed by atoms with van der Waals surface area (Å²) < 4.78 is 1.80. The number of aliphatic carboxylic acids is 2. The van der Waals surface area contributed by atoms with Crippen molar-refractivity contribution in [2.75, 3.05) is 6.54 Å². The summed E-state index contributed by atoms with van der Waals surface area (Å²) in [5.41, 5.74) is 2.73. The summed E-state index contributed by atoms with van der Waals surface area (Å²) in [7, 11) is 0. The smallest absolute Gasteiger partial charge is 0.320 e. The SMILES string of the molecule is Cc1cccc(Cn2cncc2C(CNC(CC(C)C)C(=O)O)C(=O)O)c1. The van der Waals surface area contributed by atoms with Crippen LogP contribution in [0, 0.1) is 12.8 Å². The third-order valence-corrected chi connectivity index (χ3v) is 4.41. The van der Waals surface area contributed by atoms with Crippen LogP contribution in [-0.4, -0.2) is 44.3 Å². The van der Waals surface area contributed by atoms with E-state index < -0.39 is 23.9 Å². The van der Waals surface area contributed by atoms with Crippen LogP contribution in [0.3, 0.4) is 0 Å². The molecule has 0 bridgehead atoms. The zero-order valence-corrected chi connectivity index (χ0v) is 15.9. The molecule has 0 radical (unpaired) electrons. The third-order valence-electron chi connectivity index (χ3n) is 4.41. The Morgan fingerprint density at radius 3 is 2.56 bits per heavy atom. The van der Waals surface area contributed by atoms with Crippen LogP contribution in [0.4, 0.5) is 0 Å². The lowest BCUT2D eigenvalue weighted by Crippen LogP contribution is -2.41. The van der Waals surface area contributed by atoms with Gasteiger partial charge in [-0.3, -0.25) is 9.59 Å². The highest BCUT2D eigenvalue weighted by atomic mass is 16.4. The lowest BCUT2D eigenvalue weighted by Gasteiger charge is -2.20. The van der Waals surface area contributed by atoms with E-state index in [9.17, 15) is 19.8 Å². The maximum atomic E-state index is 11.8. The van der Waals surface area contributed by atoms with Gasteiger partial charge in [0.05, 0.1) is 12.0 Å². The van der Waals surface area contributed by atoms with Crippen LogP contribution in [0.25, 0.3) is 0 Å². The topological polar surface area (TPSA) is 104 Å². The van der Waals surface area contributed by atoms with Gasteiger partial charge in [0, 0.05) is 19.3 Å². The first-order chi connectivity index (χ1) is 12.8.